The van der Waals surface area contributed by atoms with Crippen LogP contribution >= 0.6 is 0 Å². The summed E-state index contributed by atoms with van der Waals surface area (Å²) < 4.78 is 4.45. The van der Waals surface area contributed by atoms with Gasteiger partial charge >= 0.3 is 5.97 Å². The van der Waals surface area contributed by atoms with E-state index < -0.39 is 5.97 Å². The number of nitrogens with one attached hydrogen (secondary N) is 1. The molecule has 0 spiro atoms. The molecule has 0 aromatic carbocycles. The highest BCUT2D eigenvalue weighted by Crippen LogP contribution is 2.23. The van der Waals surface area contributed by atoms with Gasteiger partial charge in [-0.25, -0.2) is 0 Å². The van der Waals surface area contributed by atoms with Gasteiger partial charge in [-0.1, -0.05) is 13.8 Å². The molecule has 2 amide bonds. The van der Waals surface area contributed by atoms with Gasteiger partial charge in [-0.3, -0.25) is 14.4 Å². The lowest BCUT2D eigenvalue weighted by Gasteiger charge is -2.26. The number of hydrogen-bond acceptors (Lipinski definition) is 4. The Morgan fingerprint density at radius 3 is 2.58 bits per heavy atom. The molecule has 6 nitrogen and oxygen atoms in total. The number of amides is 2. The quantitative estimate of drug-likeness (QED) is 0.705. The molecular formula is C13H22N2O4. The van der Waals surface area contributed by atoms with Gasteiger partial charge in [-0.15, -0.1) is 0 Å². The second kappa shape index (κ2) is 7.11. The van der Waals surface area contributed by atoms with Gasteiger partial charge in [0.1, 0.15) is 6.54 Å². The Bertz CT molecular complexity index is 353. The summed E-state index contributed by atoms with van der Waals surface area (Å²) in [6.45, 7) is 4.36. The van der Waals surface area contributed by atoms with Gasteiger partial charge in [-0.05, 0) is 12.8 Å². The molecule has 0 bridgehead atoms. The van der Waals surface area contributed by atoms with Gasteiger partial charge in [-0.2, -0.15) is 0 Å². The predicted molar refractivity (Wildman–Crippen MR) is 69.2 cm³/mol. The molecule has 1 saturated heterocycles. The molecule has 1 atom stereocenters. The lowest BCUT2D eigenvalue weighted by atomic mass is 10.1. The SMILES string of the molecule is CCC(CC)N1C[C@@H](C(=O)NCC(=O)OC)CC1=O. The van der Waals surface area contributed by atoms with Crippen molar-refractivity contribution in [2.75, 3.05) is 20.2 Å². The van der Waals surface area contributed by atoms with E-state index in [2.05, 4.69) is 10.1 Å². The van der Waals surface area contributed by atoms with Gasteiger partial charge in [0.2, 0.25) is 11.8 Å². The average Bonchev–Trinajstić information content (AvgIpc) is 2.79. The number of methoxy groups -OCH3 is 1. The summed E-state index contributed by atoms with van der Waals surface area (Å²) in [4.78, 5) is 36.5. The van der Waals surface area contributed by atoms with Crippen LogP contribution in [0.3, 0.4) is 0 Å². The minimum atomic E-state index is -0.491. The van der Waals surface area contributed by atoms with Crippen molar-refractivity contribution in [3.05, 3.63) is 0 Å². The van der Waals surface area contributed by atoms with Crippen molar-refractivity contribution in [3.63, 3.8) is 0 Å². The molecule has 108 valence electrons. The van der Waals surface area contributed by atoms with Crippen molar-refractivity contribution >= 4 is 17.8 Å². The zero-order valence-electron chi connectivity index (χ0n) is 11.8. The monoisotopic (exact) mass is 270 g/mol. The molecule has 0 aromatic rings. The lowest BCUT2D eigenvalue weighted by Crippen LogP contribution is -2.39. The Hall–Kier alpha value is -1.59. The minimum absolute atomic E-state index is 0.0203. The van der Waals surface area contributed by atoms with E-state index in [-0.39, 0.29) is 36.7 Å². The van der Waals surface area contributed by atoms with Crippen molar-refractivity contribution in [1.29, 1.82) is 0 Å². The molecule has 1 fully saturated rings. The van der Waals surface area contributed by atoms with Gasteiger partial charge in [0.15, 0.2) is 0 Å². The third-order valence-electron chi connectivity index (χ3n) is 3.55. The van der Waals surface area contributed by atoms with Crippen LogP contribution in [0.2, 0.25) is 0 Å². The number of rotatable bonds is 6. The average molecular weight is 270 g/mol. The van der Waals surface area contributed by atoms with E-state index in [0.29, 0.717) is 6.54 Å². The number of hydrogen-bond donors (Lipinski definition) is 1. The van der Waals surface area contributed by atoms with Crippen molar-refractivity contribution in [1.82, 2.24) is 10.2 Å². The van der Waals surface area contributed by atoms with Crippen LogP contribution in [0.25, 0.3) is 0 Å². The fourth-order valence-electron chi connectivity index (χ4n) is 2.37. The van der Waals surface area contributed by atoms with Gasteiger partial charge in [0, 0.05) is 19.0 Å². The molecule has 1 N–H and O–H groups in total. The van der Waals surface area contributed by atoms with Gasteiger partial charge in [0.05, 0.1) is 13.0 Å². The smallest absolute Gasteiger partial charge is 0.325 e. The van der Waals surface area contributed by atoms with Crippen molar-refractivity contribution in [2.24, 2.45) is 5.92 Å². The first kappa shape index (κ1) is 15.5. The zero-order valence-corrected chi connectivity index (χ0v) is 11.8. The Labute approximate surface area is 113 Å². The maximum absolute atomic E-state index is 11.9. The third kappa shape index (κ3) is 3.94. The van der Waals surface area contributed by atoms with Crippen molar-refractivity contribution in [3.8, 4) is 0 Å². The summed E-state index contributed by atoms with van der Waals surface area (Å²) in [7, 11) is 1.27. The van der Waals surface area contributed by atoms with Crippen LogP contribution in [-0.2, 0) is 19.1 Å². The summed E-state index contributed by atoms with van der Waals surface area (Å²) in [5.74, 6) is -1.09. The first-order chi connectivity index (χ1) is 9.03. The Morgan fingerprint density at radius 1 is 1.42 bits per heavy atom. The molecule has 0 radical (unpaired) electrons. The summed E-state index contributed by atoms with van der Waals surface area (Å²) in [6.07, 6.45) is 2.00. The Morgan fingerprint density at radius 2 is 2.05 bits per heavy atom. The molecule has 0 unspecified atom stereocenters. The summed E-state index contributed by atoms with van der Waals surface area (Å²) >= 11 is 0. The fourth-order valence-corrected chi connectivity index (χ4v) is 2.37. The van der Waals surface area contributed by atoms with Crippen LogP contribution in [0, 0.1) is 5.92 Å². The van der Waals surface area contributed by atoms with E-state index >= 15 is 0 Å². The van der Waals surface area contributed by atoms with Crippen molar-refractivity contribution in [2.45, 2.75) is 39.2 Å². The van der Waals surface area contributed by atoms with Crippen LogP contribution in [0.15, 0.2) is 0 Å². The highest BCUT2D eigenvalue weighted by molar-refractivity contribution is 5.90. The van der Waals surface area contributed by atoms with Gasteiger partial charge < -0.3 is 15.0 Å². The highest BCUT2D eigenvalue weighted by atomic mass is 16.5. The molecule has 1 rings (SSSR count). The number of carbonyl (C=O) groups is 3. The van der Waals surface area contributed by atoms with E-state index in [0.717, 1.165) is 12.8 Å². The summed E-state index contributed by atoms with van der Waals surface area (Å²) in [5, 5.41) is 2.50. The van der Waals surface area contributed by atoms with Crippen LogP contribution in [0.4, 0.5) is 0 Å². The summed E-state index contributed by atoms with van der Waals surface area (Å²) in [6, 6.07) is 0.200. The molecule has 1 aliphatic rings. The van der Waals surface area contributed by atoms with E-state index in [1.807, 2.05) is 13.8 Å². The largest absolute Gasteiger partial charge is 0.468 e. The molecule has 0 saturated carbocycles. The predicted octanol–water partition coefficient (Wildman–Crippen LogP) is 0.313. The Balaban J connectivity index is 2.51. The summed E-state index contributed by atoms with van der Waals surface area (Å²) in [5.41, 5.74) is 0. The zero-order chi connectivity index (χ0) is 14.4. The third-order valence-corrected chi connectivity index (χ3v) is 3.55. The van der Waals surface area contributed by atoms with Crippen LogP contribution in [0.5, 0.6) is 0 Å². The highest BCUT2D eigenvalue weighted by Gasteiger charge is 2.36. The number of esters is 1. The van der Waals surface area contributed by atoms with Crippen LogP contribution in [0.1, 0.15) is 33.1 Å². The second-order valence-corrected chi connectivity index (χ2v) is 4.71. The molecular weight excluding hydrogens is 248 g/mol. The van der Waals surface area contributed by atoms with Crippen molar-refractivity contribution < 1.29 is 19.1 Å². The second-order valence-electron chi connectivity index (χ2n) is 4.71. The molecule has 1 heterocycles. The molecule has 0 aromatic heterocycles. The number of carbonyl (C=O) groups excluding carboxylic acids is 3. The molecule has 6 heteroatoms. The van der Waals surface area contributed by atoms with E-state index in [9.17, 15) is 14.4 Å². The Kier molecular flexibility index (Phi) is 5.79. The fraction of sp³-hybridized carbons (Fsp3) is 0.769. The molecule has 1 aliphatic heterocycles. The molecule has 0 aliphatic carbocycles. The lowest BCUT2D eigenvalue weighted by molar-refractivity contribution is -0.141. The van der Waals surface area contributed by atoms with Crippen LogP contribution in [-0.4, -0.2) is 48.9 Å². The maximum atomic E-state index is 11.9. The van der Waals surface area contributed by atoms with Crippen LogP contribution < -0.4 is 5.32 Å². The minimum Gasteiger partial charge on any atom is -0.468 e. The van der Waals surface area contributed by atoms with Gasteiger partial charge in [0.25, 0.3) is 0 Å². The number of likely N-dealkylation sites (tertiary alicyclic amines) is 1. The number of ether oxygens (including phenoxy) is 1. The maximum Gasteiger partial charge on any atom is 0.325 e. The van der Waals surface area contributed by atoms with E-state index in [4.69, 9.17) is 0 Å². The number of nitrogens with zero attached hydrogens (tertiary/aromatic N) is 1. The topological polar surface area (TPSA) is 75.7 Å². The van der Waals surface area contributed by atoms with E-state index in [1.54, 1.807) is 4.90 Å². The standard InChI is InChI=1S/C13H22N2O4/c1-4-10(5-2)15-8-9(6-11(15)16)13(18)14-7-12(17)19-3/h9-10H,4-8H2,1-3H3,(H,14,18)/t9-/m0/s1. The molecule has 19 heavy (non-hydrogen) atoms. The normalized spacial score (nSPS) is 18.8. The van der Waals surface area contributed by atoms with E-state index in [1.165, 1.54) is 7.11 Å². The first-order valence-corrected chi connectivity index (χ1v) is 6.67. The first-order valence-electron chi connectivity index (χ1n) is 6.67.